The van der Waals surface area contributed by atoms with E-state index in [0.29, 0.717) is 29.1 Å². The van der Waals surface area contributed by atoms with Gasteiger partial charge < -0.3 is 4.90 Å². The summed E-state index contributed by atoms with van der Waals surface area (Å²) in [6.45, 7) is 1.22. The van der Waals surface area contributed by atoms with Gasteiger partial charge in [-0.05, 0) is 29.8 Å². The van der Waals surface area contributed by atoms with Crippen LogP contribution in [-0.2, 0) is 21.2 Å². The van der Waals surface area contributed by atoms with Crippen LogP contribution in [-0.4, -0.2) is 58.5 Å². The van der Waals surface area contributed by atoms with Gasteiger partial charge in [0.15, 0.2) is 0 Å². The largest absolute Gasteiger partial charge is 0.340 e. The van der Waals surface area contributed by atoms with E-state index in [0.717, 1.165) is 17.3 Å². The molecule has 0 N–H and O–H groups in total. The summed E-state index contributed by atoms with van der Waals surface area (Å²) in [5.74, 6) is -0.0230. The number of carbonyl (C=O) groups excluding carboxylic acids is 1. The molecule has 3 aromatic rings. The molecule has 10 heteroatoms. The van der Waals surface area contributed by atoms with E-state index in [4.69, 9.17) is 11.6 Å². The van der Waals surface area contributed by atoms with Gasteiger partial charge in [-0.15, -0.1) is 0 Å². The van der Waals surface area contributed by atoms with Crippen LogP contribution in [0.2, 0.25) is 5.02 Å². The predicted molar refractivity (Wildman–Crippen MR) is 108 cm³/mol. The van der Waals surface area contributed by atoms with Crippen molar-refractivity contribution in [2.75, 3.05) is 26.2 Å². The summed E-state index contributed by atoms with van der Waals surface area (Å²) < 4.78 is 35.7. The second-order valence-corrected chi connectivity index (χ2v) is 9.35. The monoisotopic (exact) mass is 436 g/mol. The Kier molecular flexibility index (Phi) is 5.33. The van der Waals surface area contributed by atoms with Crippen molar-refractivity contribution in [1.82, 2.24) is 18.0 Å². The third-order valence-corrected chi connectivity index (χ3v) is 7.45. The van der Waals surface area contributed by atoms with Crippen molar-refractivity contribution >= 4 is 50.3 Å². The first-order valence-corrected chi connectivity index (χ1v) is 11.2. The lowest BCUT2D eigenvalue weighted by atomic mass is 10.1. The minimum Gasteiger partial charge on any atom is -0.340 e. The lowest BCUT2D eigenvalue weighted by molar-refractivity contribution is -0.131. The van der Waals surface area contributed by atoms with Crippen molar-refractivity contribution in [3.8, 4) is 0 Å². The molecule has 1 aliphatic heterocycles. The van der Waals surface area contributed by atoms with Gasteiger partial charge in [0.05, 0.1) is 18.1 Å². The average Bonchev–Trinajstić information content (AvgIpc) is 3.18. The Morgan fingerprint density at radius 2 is 1.75 bits per heavy atom. The number of hydrogen-bond donors (Lipinski definition) is 0. The number of hydrogen-bond acceptors (Lipinski definition) is 6. The molecular formula is C18H17ClN4O3S2. The van der Waals surface area contributed by atoms with E-state index in [1.54, 1.807) is 35.2 Å². The molecule has 2 heterocycles. The molecule has 4 rings (SSSR count). The lowest BCUT2D eigenvalue weighted by Gasteiger charge is -2.34. The molecule has 0 aliphatic carbocycles. The molecule has 146 valence electrons. The van der Waals surface area contributed by atoms with Crippen LogP contribution in [0, 0.1) is 0 Å². The molecule has 1 amide bonds. The van der Waals surface area contributed by atoms with E-state index in [-0.39, 0.29) is 30.3 Å². The average molecular weight is 437 g/mol. The van der Waals surface area contributed by atoms with Crippen molar-refractivity contribution in [2.45, 2.75) is 11.3 Å². The van der Waals surface area contributed by atoms with Gasteiger partial charge >= 0.3 is 0 Å². The Labute approximate surface area is 171 Å². The Hall–Kier alpha value is -2.07. The quantitative estimate of drug-likeness (QED) is 0.627. The number of rotatable bonds is 4. The molecule has 0 saturated carbocycles. The molecule has 0 bridgehead atoms. The summed E-state index contributed by atoms with van der Waals surface area (Å²) in [7, 11) is -3.69. The highest BCUT2D eigenvalue weighted by molar-refractivity contribution is 7.89. The van der Waals surface area contributed by atoms with E-state index >= 15 is 0 Å². The number of benzene rings is 2. The first-order chi connectivity index (χ1) is 13.4. The van der Waals surface area contributed by atoms with E-state index in [9.17, 15) is 13.2 Å². The molecule has 0 atom stereocenters. The van der Waals surface area contributed by atoms with Gasteiger partial charge in [-0.3, -0.25) is 4.79 Å². The summed E-state index contributed by atoms with van der Waals surface area (Å²) >= 11 is 6.86. The van der Waals surface area contributed by atoms with Crippen molar-refractivity contribution in [2.24, 2.45) is 0 Å². The molecule has 0 radical (unpaired) electrons. The van der Waals surface area contributed by atoms with Gasteiger partial charge in [-0.2, -0.15) is 13.1 Å². The summed E-state index contributed by atoms with van der Waals surface area (Å²) in [6.07, 6.45) is 0.272. The smallest absolute Gasteiger partial charge is 0.245 e. The van der Waals surface area contributed by atoms with E-state index < -0.39 is 10.0 Å². The number of aromatic nitrogens is 2. The molecule has 7 nitrogen and oxygen atoms in total. The van der Waals surface area contributed by atoms with Crippen molar-refractivity contribution in [3.63, 3.8) is 0 Å². The van der Waals surface area contributed by atoms with Crippen LogP contribution < -0.4 is 0 Å². The topological polar surface area (TPSA) is 83.5 Å². The van der Waals surface area contributed by atoms with Gasteiger partial charge in [-0.1, -0.05) is 29.8 Å². The van der Waals surface area contributed by atoms with Crippen LogP contribution in [0.15, 0.2) is 47.4 Å². The van der Waals surface area contributed by atoms with Crippen LogP contribution >= 0.6 is 23.3 Å². The minimum absolute atomic E-state index is 0.0230. The summed E-state index contributed by atoms with van der Waals surface area (Å²) in [6, 6.07) is 12.1. The minimum atomic E-state index is -3.69. The SMILES string of the molecule is O=C(Cc1ccc(Cl)cc1)N1CCN(S(=O)(=O)c2cccc3nsnc23)CC1. The van der Waals surface area contributed by atoms with Crippen LogP contribution in [0.4, 0.5) is 0 Å². The standard InChI is InChI=1S/C18H17ClN4O3S2/c19-14-6-4-13(5-7-14)12-17(24)22-8-10-23(11-9-22)28(25,26)16-3-1-2-15-18(16)21-27-20-15/h1-7H,8-12H2. The van der Waals surface area contributed by atoms with E-state index in [2.05, 4.69) is 8.75 Å². The normalized spacial score (nSPS) is 15.8. The fourth-order valence-electron chi connectivity index (χ4n) is 3.20. The Bertz CT molecular complexity index is 1110. The van der Waals surface area contributed by atoms with Gasteiger partial charge in [-0.25, -0.2) is 8.42 Å². The van der Waals surface area contributed by atoms with Crippen molar-refractivity contribution in [3.05, 3.63) is 53.1 Å². The fraction of sp³-hybridized carbons (Fsp3) is 0.278. The molecule has 1 aliphatic rings. The maximum Gasteiger partial charge on any atom is 0.245 e. The lowest BCUT2D eigenvalue weighted by Crippen LogP contribution is -2.50. The Balaban J connectivity index is 1.44. The predicted octanol–water partition coefficient (Wildman–Crippen LogP) is 2.42. The van der Waals surface area contributed by atoms with Gasteiger partial charge in [0.25, 0.3) is 0 Å². The van der Waals surface area contributed by atoms with Crippen LogP contribution in [0.1, 0.15) is 5.56 Å². The fourth-order valence-corrected chi connectivity index (χ4v) is 5.50. The summed E-state index contributed by atoms with van der Waals surface area (Å²) in [4.78, 5) is 14.4. The molecule has 2 aromatic carbocycles. The molecular weight excluding hydrogens is 420 g/mol. The first kappa shape index (κ1) is 19.3. The van der Waals surface area contributed by atoms with Gasteiger partial charge in [0.1, 0.15) is 15.9 Å². The number of halogens is 1. The molecule has 1 fully saturated rings. The highest BCUT2D eigenvalue weighted by Gasteiger charge is 2.31. The molecule has 0 spiro atoms. The van der Waals surface area contributed by atoms with Gasteiger partial charge in [0, 0.05) is 31.2 Å². The number of amides is 1. The highest BCUT2D eigenvalue weighted by atomic mass is 35.5. The number of nitrogens with zero attached hydrogens (tertiary/aromatic N) is 4. The number of sulfonamides is 1. The first-order valence-electron chi connectivity index (χ1n) is 8.69. The molecule has 1 aromatic heterocycles. The summed E-state index contributed by atoms with van der Waals surface area (Å²) in [5.41, 5.74) is 1.85. The van der Waals surface area contributed by atoms with Crippen molar-refractivity contribution < 1.29 is 13.2 Å². The number of piperazine rings is 1. The van der Waals surface area contributed by atoms with Crippen LogP contribution in [0.5, 0.6) is 0 Å². The maximum absolute atomic E-state index is 13.0. The van der Waals surface area contributed by atoms with Gasteiger partial charge in [0.2, 0.25) is 15.9 Å². The van der Waals surface area contributed by atoms with Crippen LogP contribution in [0.3, 0.4) is 0 Å². The number of fused-ring (bicyclic) bond motifs is 1. The number of carbonyl (C=O) groups is 1. The van der Waals surface area contributed by atoms with Crippen molar-refractivity contribution in [1.29, 1.82) is 0 Å². The zero-order valence-electron chi connectivity index (χ0n) is 14.8. The third-order valence-electron chi connectivity index (χ3n) is 4.73. The second kappa shape index (κ2) is 7.75. The summed E-state index contributed by atoms with van der Waals surface area (Å²) in [5, 5.41) is 0.625. The Morgan fingerprint density at radius 3 is 2.46 bits per heavy atom. The van der Waals surface area contributed by atoms with Crippen LogP contribution in [0.25, 0.3) is 11.0 Å². The zero-order valence-corrected chi connectivity index (χ0v) is 17.2. The van der Waals surface area contributed by atoms with E-state index in [1.165, 1.54) is 4.31 Å². The zero-order chi connectivity index (χ0) is 19.7. The second-order valence-electron chi connectivity index (χ2n) is 6.48. The molecule has 28 heavy (non-hydrogen) atoms. The third kappa shape index (κ3) is 3.75. The highest BCUT2D eigenvalue weighted by Crippen LogP contribution is 2.25. The molecule has 1 saturated heterocycles. The molecule has 0 unspecified atom stereocenters. The maximum atomic E-state index is 13.0. The Morgan fingerprint density at radius 1 is 1.04 bits per heavy atom. The van der Waals surface area contributed by atoms with E-state index in [1.807, 2.05) is 12.1 Å².